The second-order valence-corrected chi connectivity index (χ2v) is 13.4. The van der Waals surface area contributed by atoms with Crippen molar-refractivity contribution < 1.29 is 25.5 Å². The molecule has 0 unspecified atom stereocenters. The van der Waals surface area contributed by atoms with Crippen molar-refractivity contribution in [2.75, 3.05) is 0 Å². The summed E-state index contributed by atoms with van der Waals surface area (Å²) in [6.07, 6.45) is 8.12. The molecule has 0 saturated heterocycles. The van der Waals surface area contributed by atoms with Gasteiger partial charge in [-0.3, -0.25) is 0 Å². The molecule has 47 heavy (non-hydrogen) atoms. The van der Waals surface area contributed by atoms with E-state index in [0.29, 0.717) is 37.4 Å². The molecular formula is C42H44O5. The molecule has 1 aliphatic carbocycles. The van der Waals surface area contributed by atoms with Crippen molar-refractivity contribution in [3.63, 3.8) is 0 Å². The van der Waals surface area contributed by atoms with Gasteiger partial charge >= 0.3 is 0 Å². The van der Waals surface area contributed by atoms with Gasteiger partial charge in [0.15, 0.2) is 0 Å². The highest BCUT2D eigenvalue weighted by atomic mass is 16.3. The Morgan fingerprint density at radius 2 is 0.830 bits per heavy atom. The summed E-state index contributed by atoms with van der Waals surface area (Å²) in [6, 6.07) is 26.5. The predicted molar refractivity (Wildman–Crippen MR) is 187 cm³/mol. The van der Waals surface area contributed by atoms with Crippen molar-refractivity contribution in [1.29, 1.82) is 0 Å². The van der Waals surface area contributed by atoms with Gasteiger partial charge in [-0.1, -0.05) is 79.9 Å². The van der Waals surface area contributed by atoms with E-state index >= 15 is 0 Å². The molecule has 5 nitrogen and oxygen atoms in total. The van der Waals surface area contributed by atoms with Crippen molar-refractivity contribution in [3.8, 4) is 28.7 Å². The highest BCUT2D eigenvalue weighted by Gasteiger charge is 2.21. The molecule has 6 rings (SSSR count). The van der Waals surface area contributed by atoms with Gasteiger partial charge in [0.25, 0.3) is 0 Å². The van der Waals surface area contributed by atoms with E-state index < -0.39 is 0 Å². The highest BCUT2D eigenvalue weighted by molar-refractivity contribution is 5.53. The summed E-state index contributed by atoms with van der Waals surface area (Å²) in [7, 11) is 0. The zero-order valence-corrected chi connectivity index (χ0v) is 27.3. The van der Waals surface area contributed by atoms with Gasteiger partial charge in [0, 0.05) is 25.7 Å². The monoisotopic (exact) mass is 628 g/mol. The van der Waals surface area contributed by atoms with Crippen LogP contribution < -0.4 is 0 Å². The Hall–Kier alpha value is -4.90. The Labute approximate surface area is 277 Å². The number of aryl methyl sites for hydroxylation is 2. The number of aromatic hydroxyl groups is 5. The van der Waals surface area contributed by atoms with Crippen LogP contribution in [0.5, 0.6) is 28.7 Å². The van der Waals surface area contributed by atoms with Crippen LogP contribution in [-0.4, -0.2) is 25.5 Å². The smallest absolute Gasteiger partial charge is 0.122 e. The van der Waals surface area contributed by atoms with Gasteiger partial charge in [-0.05, 0) is 118 Å². The van der Waals surface area contributed by atoms with Crippen LogP contribution >= 0.6 is 0 Å². The van der Waals surface area contributed by atoms with E-state index in [9.17, 15) is 25.5 Å². The van der Waals surface area contributed by atoms with Crippen molar-refractivity contribution >= 4 is 0 Å². The van der Waals surface area contributed by atoms with E-state index in [1.807, 2.05) is 62.4 Å². The van der Waals surface area contributed by atoms with Crippen molar-refractivity contribution in [1.82, 2.24) is 0 Å². The number of phenols is 5. The van der Waals surface area contributed by atoms with E-state index in [2.05, 4.69) is 12.1 Å². The Morgan fingerprint density at radius 3 is 1.26 bits per heavy atom. The summed E-state index contributed by atoms with van der Waals surface area (Å²) in [4.78, 5) is 0. The van der Waals surface area contributed by atoms with E-state index in [0.717, 1.165) is 68.5 Å². The zero-order valence-electron chi connectivity index (χ0n) is 27.3. The van der Waals surface area contributed by atoms with Crippen LogP contribution in [0.2, 0.25) is 0 Å². The van der Waals surface area contributed by atoms with Gasteiger partial charge in [0.05, 0.1) is 0 Å². The lowest BCUT2D eigenvalue weighted by molar-refractivity contribution is 0.439. The van der Waals surface area contributed by atoms with Crippen LogP contribution in [0.4, 0.5) is 0 Å². The fourth-order valence-corrected chi connectivity index (χ4v) is 7.18. The topological polar surface area (TPSA) is 101 Å². The number of benzene rings is 5. The molecule has 0 bridgehead atoms. The van der Waals surface area contributed by atoms with Crippen molar-refractivity contribution in [2.45, 2.75) is 77.6 Å². The van der Waals surface area contributed by atoms with Gasteiger partial charge < -0.3 is 25.5 Å². The third-order valence-corrected chi connectivity index (χ3v) is 9.70. The Kier molecular flexibility index (Phi) is 9.44. The van der Waals surface area contributed by atoms with Crippen LogP contribution in [0.25, 0.3) is 0 Å². The Balaban J connectivity index is 1.34. The molecular weight excluding hydrogens is 584 g/mol. The molecule has 0 atom stereocenters. The third kappa shape index (κ3) is 7.57. The molecule has 5 heteroatoms. The number of rotatable bonds is 9. The molecule has 0 radical (unpaired) electrons. The maximum Gasteiger partial charge on any atom is 0.122 e. The lowest BCUT2D eigenvalue weighted by Gasteiger charge is -2.24. The third-order valence-electron chi connectivity index (χ3n) is 9.70. The zero-order chi connectivity index (χ0) is 33.1. The van der Waals surface area contributed by atoms with E-state index in [1.54, 1.807) is 24.3 Å². The summed E-state index contributed by atoms with van der Waals surface area (Å²) >= 11 is 0. The summed E-state index contributed by atoms with van der Waals surface area (Å²) in [5.74, 6) is 1.72. The van der Waals surface area contributed by atoms with Gasteiger partial charge in [-0.25, -0.2) is 0 Å². The quantitative estimate of drug-likeness (QED) is 0.112. The number of phenolic OH excluding ortho intramolecular Hbond substituents is 5. The Morgan fingerprint density at radius 1 is 0.447 bits per heavy atom. The minimum atomic E-state index is 0.211. The number of hydrogen-bond acceptors (Lipinski definition) is 5. The van der Waals surface area contributed by atoms with Crippen LogP contribution in [-0.2, 0) is 25.7 Å². The minimum absolute atomic E-state index is 0.211. The normalized spacial score (nSPS) is 13.6. The van der Waals surface area contributed by atoms with Crippen molar-refractivity contribution in [2.24, 2.45) is 0 Å². The van der Waals surface area contributed by atoms with Gasteiger partial charge in [-0.2, -0.15) is 0 Å². The van der Waals surface area contributed by atoms with Crippen molar-refractivity contribution in [3.05, 3.63) is 146 Å². The van der Waals surface area contributed by atoms with E-state index in [4.69, 9.17) is 0 Å². The van der Waals surface area contributed by atoms with Gasteiger partial charge in [0.1, 0.15) is 28.7 Å². The summed E-state index contributed by atoms with van der Waals surface area (Å²) < 4.78 is 0. The standard InChI is InChI=1S/C42H44O5/c1-26-16-30(20-34(40(26)45)18-28-8-12-38(43)13-9-28)22-36-24-33(32-6-4-3-5-7-32)25-37(42(36)47)23-31-17-27(2)41(46)35(21-31)19-29-10-14-39(44)15-11-29/h8-17,20-21,24-25,32,43-47H,3-7,18-19,22-23H2,1-2H3. The lowest BCUT2D eigenvalue weighted by Crippen LogP contribution is -2.07. The molecule has 5 N–H and O–H groups in total. The first-order valence-electron chi connectivity index (χ1n) is 16.7. The van der Waals surface area contributed by atoms with Crippen LogP contribution in [0.15, 0.2) is 84.9 Å². The van der Waals surface area contributed by atoms with Crippen LogP contribution in [0.1, 0.15) is 99.2 Å². The second kappa shape index (κ2) is 13.8. The second-order valence-electron chi connectivity index (χ2n) is 13.4. The van der Waals surface area contributed by atoms with E-state index in [-0.39, 0.29) is 23.0 Å². The predicted octanol–water partition coefficient (Wildman–Crippen LogP) is 9.24. The van der Waals surface area contributed by atoms with Gasteiger partial charge in [-0.15, -0.1) is 0 Å². The largest absolute Gasteiger partial charge is 0.508 e. The molecule has 5 aromatic rings. The Bertz CT molecular complexity index is 1740. The first-order chi connectivity index (χ1) is 22.6. The van der Waals surface area contributed by atoms with E-state index in [1.165, 1.54) is 24.8 Å². The first-order valence-corrected chi connectivity index (χ1v) is 16.7. The average molecular weight is 629 g/mol. The summed E-state index contributed by atoms with van der Waals surface area (Å²) in [6.45, 7) is 3.82. The maximum absolute atomic E-state index is 11.8. The maximum atomic E-state index is 11.8. The molecule has 5 aromatic carbocycles. The molecule has 0 heterocycles. The molecule has 0 amide bonds. The average Bonchev–Trinajstić information content (AvgIpc) is 3.06. The van der Waals surface area contributed by atoms with Gasteiger partial charge in [0.2, 0.25) is 0 Å². The molecule has 0 spiro atoms. The minimum Gasteiger partial charge on any atom is -0.508 e. The summed E-state index contributed by atoms with van der Waals surface area (Å²) in [5, 5.41) is 53.0. The SMILES string of the molecule is Cc1cc(Cc2cc(C3CCCCC3)cc(Cc3cc(C)c(O)c(Cc4ccc(O)cc4)c3)c2O)cc(Cc2ccc(O)cc2)c1O. The van der Waals surface area contributed by atoms with Crippen LogP contribution in [0, 0.1) is 13.8 Å². The molecule has 0 aromatic heterocycles. The molecule has 1 saturated carbocycles. The number of hydrogen-bond donors (Lipinski definition) is 5. The van der Waals surface area contributed by atoms with Crippen LogP contribution in [0.3, 0.4) is 0 Å². The highest BCUT2D eigenvalue weighted by Crippen LogP contribution is 2.39. The fraction of sp³-hybridized carbons (Fsp3) is 0.286. The molecule has 1 aliphatic rings. The first kappa shape index (κ1) is 32.1. The fourth-order valence-electron chi connectivity index (χ4n) is 7.18. The molecule has 1 fully saturated rings. The molecule has 242 valence electrons. The summed E-state index contributed by atoms with van der Waals surface area (Å²) in [5.41, 5.74) is 10.3. The lowest BCUT2D eigenvalue weighted by atomic mass is 9.81. The molecule has 0 aliphatic heterocycles.